The summed E-state index contributed by atoms with van der Waals surface area (Å²) in [6.45, 7) is 2.06. The summed E-state index contributed by atoms with van der Waals surface area (Å²) in [5.74, 6) is 0. The lowest BCUT2D eigenvalue weighted by molar-refractivity contribution is 0.788. The molecular weight excluding hydrogens is 329 g/mol. The summed E-state index contributed by atoms with van der Waals surface area (Å²) in [4.78, 5) is 1.14. The third-order valence-corrected chi connectivity index (χ3v) is 4.70. The highest BCUT2D eigenvalue weighted by atomic mass is 35.5. The van der Waals surface area contributed by atoms with Crippen molar-refractivity contribution >= 4 is 40.2 Å². The number of hydrogen-bond acceptors (Lipinski definition) is 5. The van der Waals surface area contributed by atoms with E-state index in [2.05, 4.69) is 27.8 Å². The van der Waals surface area contributed by atoms with Crippen molar-refractivity contribution in [2.24, 2.45) is 0 Å². The van der Waals surface area contributed by atoms with E-state index in [0.717, 1.165) is 20.6 Å². The molecule has 3 aromatic rings. The van der Waals surface area contributed by atoms with Crippen LogP contribution in [0.25, 0.3) is 5.69 Å². The fourth-order valence-electron chi connectivity index (χ4n) is 1.91. The zero-order valence-corrected chi connectivity index (χ0v) is 13.3. The molecule has 0 aliphatic heterocycles. The van der Waals surface area contributed by atoms with Gasteiger partial charge in [-0.3, -0.25) is 0 Å². The van der Waals surface area contributed by atoms with Crippen LogP contribution < -0.4 is 5.32 Å². The number of benzene rings is 1. The summed E-state index contributed by atoms with van der Waals surface area (Å²) in [5.41, 5.74) is 1.66. The molecule has 0 fully saturated rings. The molecule has 0 saturated carbocycles. The third kappa shape index (κ3) is 3.18. The average Bonchev–Trinajstić information content (AvgIpc) is 3.12. The van der Waals surface area contributed by atoms with Crippen molar-refractivity contribution in [3.8, 4) is 5.69 Å². The quantitative estimate of drug-likeness (QED) is 0.773. The van der Waals surface area contributed by atoms with Crippen LogP contribution in [0.3, 0.4) is 0 Å². The molecule has 0 spiro atoms. The molecule has 0 saturated heterocycles. The number of tetrazole rings is 1. The van der Waals surface area contributed by atoms with Crippen LogP contribution in [0.1, 0.15) is 17.8 Å². The molecule has 0 aliphatic carbocycles. The first-order chi connectivity index (χ1) is 10.1. The number of halogens is 2. The van der Waals surface area contributed by atoms with Crippen molar-refractivity contribution in [2.45, 2.75) is 13.0 Å². The summed E-state index contributed by atoms with van der Waals surface area (Å²) in [6, 6.07) is 9.57. The van der Waals surface area contributed by atoms with Crippen LogP contribution in [-0.2, 0) is 0 Å². The minimum Gasteiger partial charge on any atom is -0.376 e. The van der Waals surface area contributed by atoms with Crippen molar-refractivity contribution in [3.63, 3.8) is 0 Å². The van der Waals surface area contributed by atoms with Crippen LogP contribution in [0.2, 0.25) is 9.36 Å². The molecule has 3 rings (SSSR count). The van der Waals surface area contributed by atoms with E-state index in [9.17, 15) is 0 Å². The zero-order valence-electron chi connectivity index (χ0n) is 11.0. The molecule has 5 nitrogen and oxygen atoms in total. The monoisotopic (exact) mass is 339 g/mol. The second-order valence-electron chi connectivity index (χ2n) is 4.43. The fourth-order valence-corrected chi connectivity index (χ4v) is 3.15. The van der Waals surface area contributed by atoms with E-state index in [-0.39, 0.29) is 6.04 Å². The van der Waals surface area contributed by atoms with Crippen LogP contribution in [0, 0.1) is 0 Å². The maximum Gasteiger partial charge on any atom is 0.143 e. The number of hydrogen-bond donors (Lipinski definition) is 1. The highest BCUT2D eigenvalue weighted by Gasteiger charge is 2.11. The van der Waals surface area contributed by atoms with E-state index in [4.69, 9.17) is 23.2 Å². The Morgan fingerprint density at radius 2 is 2.10 bits per heavy atom. The van der Waals surface area contributed by atoms with Gasteiger partial charge in [0.25, 0.3) is 0 Å². The number of aromatic nitrogens is 4. The van der Waals surface area contributed by atoms with E-state index in [0.29, 0.717) is 5.02 Å². The van der Waals surface area contributed by atoms with Gasteiger partial charge in [-0.05, 0) is 47.7 Å². The van der Waals surface area contributed by atoms with Gasteiger partial charge in [0.1, 0.15) is 6.33 Å². The summed E-state index contributed by atoms with van der Waals surface area (Å²) < 4.78 is 2.35. The normalized spacial score (nSPS) is 12.3. The lowest BCUT2D eigenvalue weighted by Crippen LogP contribution is -2.06. The van der Waals surface area contributed by atoms with Crippen molar-refractivity contribution in [1.29, 1.82) is 0 Å². The lowest BCUT2D eigenvalue weighted by Gasteiger charge is -2.15. The van der Waals surface area contributed by atoms with Gasteiger partial charge in [-0.1, -0.05) is 23.2 Å². The minimum atomic E-state index is 0.101. The molecule has 1 aromatic carbocycles. The Morgan fingerprint density at radius 3 is 2.76 bits per heavy atom. The molecule has 1 unspecified atom stereocenters. The van der Waals surface area contributed by atoms with E-state index in [1.165, 1.54) is 6.33 Å². The smallest absolute Gasteiger partial charge is 0.143 e. The zero-order chi connectivity index (χ0) is 14.8. The lowest BCUT2D eigenvalue weighted by atomic mass is 10.2. The molecule has 21 heavy (non-hydrogen) atoms. The molecule has 1 N–H and O–H groups in total. The van der Waals surface area contributed by atoms with E-state index < -0.39 is 0 Å². The van der Waals surface area contributed by atoms with Crippen molar-refractivity contribution in [3.05, 3.63) is 50.9 Å². The molecule has 0 aliphatic rings. The molecule has 2 aromatic heterocycles. The Bertz CT molecular complexity index is 741. The Morgan fingerprint density at radius 1 is 1.24 bits per heavy atom. The first-order valence-corrected chi connectivity index (χ1v) is 7.75. The highest BCUT2D eigenvalue weighted by molar-refractivity contribution is 7.16. The third-order valence-electron chi connectivity index (χ3n) is 2.96. The van der Waals surface area contributed by atoms with Gasteiger partial charge in [0.2, 0.25) is 0 Å². The number of nitrogens with zero attached hydrogens (tertiary/aromatic N) is 4. The van der Waals surface area contributed by atoms with Gasteiger partial charge in [-0.25, -0.2) is 4.68 Å². The maximum atomic E-state index is 6.25. The largest absolute Gasteiger partial charge is 0.376 e. The summed E-state index contributed by atoms with van der Waals surface area (Å²) in [6.07, 6.45) is 1.54. The highest BCUT2D eigenvalue weighted by Crippen LogP contribution is 2.32. The van der Waals surface area contributed by atoms with E-state index in [1.807, 2.05) is 30.3 Å². The summed E-state index contributed by atoms with van der Waals surface area (Å²) in [5, 5.41) is 15.1. The van der Waals surface area contributed by atoms with Gasteiger partial charge in [0.15, 0.2) is 0 Å². The number of anilines is 1. The topological polar surface area (TPSA) is 55.6 Å². The van der Waals surface area contributed by atoms with E-state index in [1.54, 1.807) is 16.0 Å². The Kier molecular flexibility index (Phi) is 4.10. The Hall–Kier alpha value is -1.63. The van der Waals surface area contributed by atoms with Crippen molar-refractivity contribution in [2.75, 3.05) is 5.32 Å². The van der Waals surface area contributed by atoms with Gasteiger partial charge < -0.3 is 5.32 Å². The minimum absolute atomic E-state index is 0.101. The van der Waals surface area contributed by atoms with Gasteiger partial charge in [-0.2, -0.15) is 0 Å². The van der Waals surface area contributed by atoms with Crippen molar-refractivity contribution in [1.82, 2.24) is 20.2 Å². The average molecular weight is 340 g/mol. The van der Waals surface area contributed by atoms with Crippen LogP contribution in [-0.4, -0.2) is 20.2 Å². The molecule has 1 atom stereocenters. The first kappa shape index (κ1) is 14.3. The van der Waals surface area contributed by atoms with Gasteiger partial charge in [0.05, 0.1) is 26.8 Å². The number of rotatable bonds is 4. The van der Waals surface area contributed by atoms with Crippen molar-refractivity contribution < 1.29 is 0 Å². The molecular formula is C13H11Cl2N5S. The second kappa shape index (κ2) is 6.01. The van der Waals surface area contributed by atoms with Gasteiger partial charge >= 0.3 is 0 Å². The molecule has 108 valence electrons. The first-order valence-electron chi connectivity index (χ1n) is 6.18. The van der Waals surface area contributed by atoms with Gasteiger partial charge in [-0.15, -0.1) is 16.4 Å². The molecule has 0 radical (unpaired) electrons. The van der Waals surface area contributed by atoms with Crippen LogP contribution in [0.4, 0.5) is 5.69 Å². The molecule has 0 bridgehead atoms. The Balaban J connectivity index is 1.86. The predicted octanol–water partition coefficient (Wildman–Crippen LogP) is 4.20. The second-order valence-corrected chi connectivity index (χ2v) is 6.58. The standard InChI is InChI=1S/C13H11Cl2N5S/c1-8(12-4-5-13(15)21-12)17-11-6-9(2-3-10(11)14)20-7-16-18-19-20/h2-8,17H,1H3. The summed E-state index contributed by atoms with van der Waals surface area (Å²) in [7, 11) is 0. The number of nitrogens with one attached hydrogen (secondary N) is 1. The van der Waals surface area contributed by atoms with Crippen LogP contribution >= 0.6 is 34.5 Å². The van der Waals surface area contributed by atoms with Crippen LogP contribution in [0.15, 0.2) is 36.7 Å². The predicted molar refractivity (Wildman–Crippen MR) is 85.5 cm³/mol. The van der Waals surface area contributed by atoms with E-state index >= 15 is 0 Å². The Labute approximate surface area is 135 Å². The maximum absolute atomic E-state index is 6.25. The molecule has 8 heteroatoms. The SMILES string of the molecule is CC(Nc1cc(-n2cnnn2)ccc1Cl)c1ccc(Cl)s1. The number of thiophene rings is 1. The molecule has 2 heterocycles. The summed E-state index contributed by atoms with van der Waals surface area (Å²) >= 11 is 13.8. The fraction of sp³-hybridized carbons (Fsp3) is 0.154. The van der Waals surface area contributed by atoms with Gasteiger partial charge in [0, 0.05) is 4.88 Å². The molecule has 0 amide bonds. The van der Waals surface area contributed by atoms with Crippen LogP contribution in [0.5, 0.6) is 0 Å².